The number of nitrogens with one attached hydrogen (secondary N) is 1. The number of hydrogen-bond acceptors (Lipinski definition) is 5. The Morgan fingerprint density at radius 2 is 2.33 bits per heavy atom. The number of rotatable bonds is 6. The molecular weight excluding hydrogens is 304 g/mol. The van der Waals surface area contributed by atoms with Crippen LogP contribution in [0.1, 0.15) is 16.9 Å². The number of hydrogen-bond donors (Lipinski definition) is 1. The highest BCUT2D eigenvalue weighted by atomic mass is 32.1. The minimum atomic E-state index is -0.117. The fourth-order valence-corrected chi connectivity index (χ4v) is 3.38. The average Bonchev–Trinajstić information content (AvgIpc) is 3.25. The first-order chi connectivity index (χ1) is 10.3. The van der Waals surface area contributed by atoms with Crippen molar-refractivity contribution >= 4 is 28.6 Å². The highest BCUT2D eigenvalue weighted by Crippen LogP contribution is 2.25. The summed E-state index contributed by atoms with van der Waals surface area (Å²) in [6, 6.07) is 3.90. The van der Waals surface area contributed by atoms with Gasteiger partial charge in [-0.05, 0) is 23.9 Å². The molecule has 3 rings (SSSR count). The Bertz CT molecular complexity index is 688. The number of amides is 1. The van der Waals surface area contributed by atoms with Gasteiger partial charge in [0.05, 0.1) is 0 Å². The highest BCUT2D eigenvalue weighted by molar-refractivity contribution is 7.14. The molecule has 0 spiro atoms. The molecule has 0 unspecified atom stereocenters. The van der Waals surface area contributed by atoms with Gasteiger partial charge in [-0.15, -0.1) is 11.3 Å². The maximum absolute atomic E-state index is 12.0. The zero-order valence-electron chi connectivity index (χ0n) is 11.2. The number of aromatic nitrogens is 3. The van der Waals surface area contributed by atoms with Crippen molar-refractivity contribution in [2.24, 2.45) is 0 Å². The summed E-state index contributed by atoms with van der Waals surface area (Å²) >= 11 is 3.12. The van der Waals surface area contributed by atoms with E-state index in [0.29, 0.717) is 12.2 Å². The van der Waals surface area contributed by atoms with Gasteiger partial charge in [-0.25, -0.2) is 4.98 Å². The van der Waals surface area contributed by atoms with Crippen molar-refractivity contribution in [3.63, 3.8) is 0 Å². The zero-order chi connectivity index (χ0) is 14.5. The van der Waals surface area contributed by atoms with Gasteiger partial charge in [-0.1, -0.05) is 0 Å². The zero-order valence-corrected chi connectivity index (χ0v) is 12.9. The predicted molar refractivity (Wildman–Crippen MR) is 84.6 cm³/mol. The summed E-state index contributed by atoms with van der Waals surface area (Å²) in [6.07, 6.45) is 4.50. The van der Waals surface area contributed by atoms with Crippen LogP contribution in [0.2, 0.25) is 0 Å². The number of thiazole rings is 1. The standard InChI is InChI=1S/C14H14N4OS2/c19-13(15-4-1-6-18-7-2-5-16-18)12-10-21-14(17-12)11-3-8-20-9-11/h2-3,5,7-10H,1,4,6H2,(H,15,19). The summed E-state index contributed by atoms with van der Waals surface area (Å²) < 4.78 is 1.85. The second-order valence-electron chi connectivity index (χ2n) is 4.43. The lowest BCUT2D eigenvalue weighted by molar-refractivity contribution is 0.0948. The Hall–Kier alpha value is -1.99. The van der Waals surface area contributed by atoms with Gasteiger partial charge in [-0.3, -0.25) is 9.48 Å². The fraction of sp³-hybridized carbons (Fsp3) is 0.214. The highest BCUT2D eigenvalue weighted by Gasteiger charge is 2.11. The summed E-state index contributed by atoms with van der Waals surface area (Å²) in [5.74, 6) is -0.117. The lowest BCUT2D eigenvalue weighted by Gasteiger charge is -2.03. The fourth-order valence-electron chi connectivity index (χ4n) is 1.86. The Balaban J connectivity index is 1.49. The maximum Gasteiger partial charge on any atom is 0.270 e. The molecule has 0 aliphatic heterocycles. The van der Waals surface area contributed by atoms with Gasteiger partial charge in [0.2, 0.25) is 0 Å². The van der Waals surface area contributed by atoms with Crippen molar-refractivity contribution in [2.45, 2.75) is 13.0 Å². The SMILES string of the molecule is O=C(NCCCn1cccn1)c1csc(-c2ccsc2)n1. The van der Waals surface area contributed by atoms with E-state index in [9.17, 15) is 4.79 Å². The van der Waals surface area contributed by atoms with Gasteiger partial charge in [-0.2, -0.15) is 16.4 Å². The molecule has 0 aliphatic rings. The third-order valence-corrected chi connectivity index (χ3v) is 4.49. The van der Waals surface area contributed by atoms with Crippen LogP contribution in [0.25, 0.3) is 10.6 Å². The summed E-state index contributed by atoms with van der Waals surface area (Å²) in [4.78, 5) is 16.4. The minimum Gasteiger partial charge on any atom is -0.351 e. The van der Waals surface area contributed by atoms with E-state index in [1.54, 1.807) is 22.9 Å². The lowest BCUT2D eigenvalue weighted by atomic mass is 10.3. The summed E-state index contributed by atoms with van der Waals surface area (Å²) in [5, 5.41) is 13.7. The van der Waals surface area contributed by atoms with Crippen molar-refractivity contribution in [1.82, 2.24) is 20.1 Å². The number of carbonyl (C=O) groups is 1. The van der Waals surface area contributed by atoms with E-state index in [-0.39, 0.29) is 5.91 Å². The molecule has 3 heterocycles. The van der Waals surface area contributed by atoms with Gasteiger partial charge >= 0.3 is 0 Å². The normalized spacial score (nSPS) is 10.7. The molecule has 0 saturated heterocycles. The molecular formula is C14H14N4OS2. The first kappa shape index (κ1) is 14.0. The second kappa shape index (κ2) is 6.64. The lowest BCUT2D eigenvalue weighted by Crippen LogP contribution is -2.25. The molecule has 0 aliphatic carbocycles. The monoisotopic (exact) mass is 318 g/mol. The van der Waals surface area contributed by atoms with Crippen LogP contribution in [-0.4, -0.2) is 27.2 Å². The van der Waals surface area contributed by atoms with Crippen LogP contribution in [0.4, 0.5) is 0 Å². The number of carbonyl (C=O) groups excluding carboxylic acids is 1. The van der Waals surface area contributed by atoms with Gasteiger partial charge in [0, 0.05) is 41.8 Å². The number of thiophene rings is 1. The molecule has 108 valence electrons. The van der Waals surface area contributed by atoms with Gasteiger partial charge in [0.15, 0.2) is 0 Å². The van der Waals surface area contributed by atoms with Crippen LogP contribution in [0.15, 0.2) is 40.7 Å². The molecule has 0 saturated carbocycles. The van der Waals surface area contributed by atoms with E-state index in [1.165, 1.54) is 11.3 Å². The molecule has 7 heteroatoms. The summed E-state index contributed by atoms with van der Waals surface area (Å²) in [7, 11) is 0. The van der Waals surface area contributed by atoms with Crippen LogP contribution in [0.5, 0.6) is 0 Å². The summed E-state index contributed by atoms with van der Waals surface area (Å²) in [5.41, 5.74) is 1.56. The average molecular weight is 318 g/mol. The van der Waals surface area contributed by atoms with Crippen LogP contribution in [0.3, 0.4) is 0 Å². The van der Waals surface area contributed by atoms with E-state index in [0.717, 1.165) is 23.5 Å². The van der Waals surface area contributed by atoms with Gasteiger partial charge < -0.3 is 5.32 Å². The van der Waals surface area contributed by atoms with E-state index >= 15 is 0 Å². The molecule has 0 atom stereocenters. The van der Waals surface area contributed by atoms with E-state index < -0.39 is 0 Å². The number of nitrogens with zero attached hydrogens (tertiary/aromatic N) is 3. The van der Waals surface area contributed by atoms with Gasteiger partial charge in [0.25, 0.3) is 5.91 Å². The molecule has 1 amide bonds. The Morgan fingerprint density at radius 3 is 3.10 bits per heavy atom. The third kappa shape index (κ3) is 3.56. The van der Waals surface area contributed by atoms with Crippen LogP contribution in [-0.2, 0) is 6.54 Å². The van der Waals surface area contributed by atoms with Crippen LogP contribution < -0.4 is 5.32 Å². The van der Waals surface area contributed by atoms with Crippen molar-refractivity contribution in [3.05, 3.63) is 46.4 Å². The van der Waals surface area contributed by atoms with E-state index in [1.807, 2.05) is 33.8 Å². The molecule has 21 heavy (non-hydrogen) atoms. The Morgan fingerprint density at radius 1 is 1.38 bits per heavy atom. The maximum atomic E-state index is 12.0. The van der Waals surface area contributed by atoms with Crippen molar-refractivity contribution in [2.75, 3.05) is 6.54 Å². The van der Waals surface area contributed by atoms with E-state index in [2.05, 4.69) is 15.4 Å². The van der Waals surface area contributed by atoms with Crippen LogP contribution in [0, 0.1) is 0 Å². The van der Waals surface area contributed by atoms with Crippen LogP contribution >= 0.6 is 22.7 Å². The molecule has 0 radical (unpaired) electrons. The van der Waals surface area contributed by atoms with Crippen molar-refractivity contribution in [3.8, 4) is 10.6 Å². The third-order valence-electron chi connectivity index (χ3n) is 2.91. The number of aryl methyl sites for hydroxylation is 1. The predicted octanol–water partition coefficient (Wildman–Crippen LogP) is 2.89. The smallest absolute Gasteiger partial charge is 0.270 e. The molecule has 5 nitrogen and oxygen atoms in total. The van der Waals surface area contributed by atoms with Crippen molar-refractivity contribution in [1.29, 1.82) is 0 Å². The van der Waals surface area contributed by atoms with Gasteiger partial charge in [0.1, 0.15) is 10.7 Å². The topological polar surface area (TPSA) is 59.8 Å². The molecule has 3 aromatic rings. The van der Waals surface area contributed by atoms with E-state index in [4.69, 9.17) is 0 Å². The first-order valence-electron chi connectivity index (χ1n) is 6.56. The Labute approximate surface area is 130 Å². The summed E-state index contributed by atoms with van der Waals surface area (Å²) in [6.45, 7) is 1.41. The van der Waals surface area contributed by atoms with Crippen molar-refractivity contribution < 1.29 is 4.79 Å². The largest absolute Gasteiger partial charge is 0.351 e. The second-order valence-corrected chi connectivity index (χ2v) is 6.07. The Kier molecular flexibility index (Phi) is 4.42. The molecule has 0 aromatic carbocycles. The molecule has 0 fully saturated rings. The minimum absolute atomic E-state index is 0.117. The molecule has 0 bridgehead atoms. The molecule has 3 aromatic heterocycles. The quantitative estimate of drug-likeness (QED) is 0.711. The molecule has 1 N–H and O–H groups in total. The first-order valence-corrected chi connectivity index (χ1v) is 8.39.